The Morgan fingerprint density at radius 2 is 1.71 bits per heavy atom. The number of rotatable bonds is 1. The third kappa shape index (κ3) is 2.37. The van der Waals surface area contributed by atoms with Crippen LogP contribution < -0.4 is 0 Å². The van der Waals surface area contributed by atoms with Crippen molar-refractivity contribution in [1.29, 1.82) is 0 Å². The third-order valence-electron chi connectivity index (χ3n) is 13.9. The third-order valence-corrected chi connectivity index (χ3v) is 13.9. The van der Waals surface area contributed by atoms with Gasteiger partial charge in [0.05, 0.1) is 12.0 Å². The summed E-state index contributed by atoms with van der Waals surface area (Å²) in [6, 6.07) is 0. The van der Waals surface area contributed by atoms with E-state index in [0.29, 0.717) is 30.3 Å². The Morgan fingerprint density at radius 1 is 0.971 bits per heavy atom. The van der Waals surface area contributed by atoms with Gasteiger partial charge in [0.15, 0.2) is 5.79 Å². The number of carbonyl (C=O) groups is 1. The van der Waals surface area contributed by atoms with Gasteiger partial charge in [0.2, 0.25) is 0 Å². The first-order chi connectivity index (χ1) is 15.8. The maximum Gasteiger partial charge on any atom is 0.310 e. The Labute approximate surface area is 205 Å². The predicted octanol–water partition coefficient (Wildman–Crippen LogP) is 6.43. The van der Waals surface area contributed by atoms with E-state index in [4.69, 9.17) is 4.74 Å². The van der Waals surface area contributed by atoms with Crippen LogP contribution in [-0.4, -0.2) is 28.6 Å². The van der Waals surface area contributed by atoms with Crippen molar-refractivity contribution in [1.82, 2.24) is 0 Å². The lowest BCUT2D eigenvalue weighted by Gasteiger charge is -2.74. The number of fused-ring (bicyclic) bond motifs is 7. The smallest absolute Gasteiger partial charge is 0.310 e. The molecule has 190 valence electrons. The van der Waals surface area contributed by atoms with E-state index in [0.717, 1.165) is 51.4 Å². The molecule has 0 aromatic heterocycles. The Bertz CT molecular complexity index is 941. The molecule has 5 aliphatic carbocycles. The zero-order chi connectivity index (χ0) is 24.5. The predicted molar refractivity (Wildman–Crippen MR) is 132 cm³/mol. The maximum absolute atomic E-state index is 12.8. The molecule has 0 aromatic carbocycles. The molecule has 7 rings (SSSR count). The summed E-state index contributed by atoms with van der Waals surface area (Å²) in [4.78, 5) is 12.8. The molecular weight excluding hydrogens is 424 g/mol. The summed E-state index contributed by atoms with van der Waals surface area (Å²) in [6.07, 6.45) is 11.4. The van der Waals surface area contributed by atoms with Gasteiger partial charge in [0, 0.05) is 17.3 Å². The van der Waals surface area contributed by atoms with Gasteiger partial charge in [0.1, 0.15) is 0 Å². The molecule has 6 fully saturated rings. The standard InChI is InChI=1S/C30H46O4/c1-18-9-12-28(24(31)32)14-13-26(5)20(23(28)19(18)2)7-8-22-27(26,6)11-10-21-25(3,4)30(33)16-15-29(21,22)17-34-30/h7,18-19,21-23,33H,8-17H2,1-6H3,(H,31,32)/t18-,19+,21+,22+,23+,26-,27-,28+,29?,30-/m1/s1. The summed E-state index contributed by atoms with van der Waals surface area (Å²) < 4.78 is 6.32. The van der Waals surface area contributed by atoms with E-state index in [2.05, 4.69) is 47.6 Å². The molecule has 0 radical (unpaired) electrons. The van der Waals surface area contributed by atoms with Gasteiger partial charge >= 0.3 is 5.97 Å². The van der Waals surface area contributed by atoms with Crippen molar-refractivity contribution in [3.63, 3.8) is 0 Å². The number of hydrogen-bond donors (Lipinski definition) is 2. The number of carboxylic acid groups (broad SMARTS) is 1. The van der Waals surface area contributed by atoms with Crippen molar-refractivity contribution in [3.05, 3.63) is 11.6 Å². The summed E-state index contributed by atoms with van der Waals surface area (Å²) in [7, 11) is 0. The lowest BCUT2D eigenvalue weighted by atomic mass is 9.32. The number of allylic oxidation sites excluding steroid dienone is 2. The van der Waals surface area contributed by atoms with Gasteiger partial charge in [-0.15, -0.1) is 0 Å². The number of aliphatic carboxylic acids is 1. The topological polar surface area (TPSA) is 66.8 Å². The average molecular weight is 471 g/mol. The second-order valence-electron chi connectivity index (χ2n) is 14.6. The first kappa shape index (κ1) is 23.5. The average Bonchev–Trinajstić information content (AvgIpc) is 2.77. The SMILES string of the molecule is C[C@H]1[C@H](C)CC[C@]2(C(=O)O)CC[C@]3(C)C(=CC[C@@H]4C56CC[C@@](O)(OC5)C(C)(C)[C@@H]6CC[C@]43C)[C@H]12. The van der Waals surface area contributed by atoms with Crippen molar-refractivity contribution < 1.29 is 19.7 Å². The van der Waals surface area contributed by atoms with Crippen molar-refractivity contribution in [3.8, 4) is 0 Å². The molecule has 1 spiro atoms. The van der Waals surface area contributed by atoms with E-state index in [1.165, 1.54) is 12.0 Å². The molecule has 2 bridgehead atoms. The minimum atomic E-state index is -0.980. The van der Waals surface area contributed by atoms with E-state index >= 15 is 0 Å². The molecule has 2 aliphatic heterocycles. The molecular formula is C30H46O4. The molecule has 7 aliphatic rings. The number of ether oxygens (including phenoxy) is 1. The van der Waals surface area contributed by atoms with Gasteiger partial charge in [-0.05, 0) is 91.8 Å². The summed E-state index contributed by atoms with van der Waals surface area (Å²) >= 11 is 0. The van der Waals surface area contributed by atoms with Crippen LogP contribution in [0.4, 0.5) is 0 Å². The molecule has 2 N–H and O–H groups in total. The van der Waals surface area contributed by atoms with Crippen molar-refractivity contribution in [2.24, 2.45) is 56.7 Å². The number of hydrogen-bond acceptors (Lipinski definition) is 3. The molecule has 4 saturated carbocycles. The van der Waals surface area contributed by atoms with E-state index in [-0.39, 0.29) is 27.6 Å². The fraction of sp³-hybridized carbons (Fsp3) is 0.900. The second-order valence-corrected chi connectivity index (χ2v) is 14.6. The summed E-state index contributed by atoms with van der Waals surface area (Å²) in [5.74, 6) is 0.631. The van der Waals surface area contributed by atoms with Gasteiger partial charge in [-0.3, -0.25) is 4.79 Å². The fourth-order valence-electron chi connectivity index (χ4n) is 11.3. The largest absolute Gasteiger partial charge is 0.481 e. The van der Waals surface area contributed by atoms with Crippen LogP contribution in [0.3, 0.4) is 0 Å². The Kier molecular flexibility index (Phi) is 4.64. The molecule has 4 heteroatoms. The Hall–Kier alpha value is -0.870. The van der Waals surface area contributed by atoms with Crippen LogP contribution in [-0.2, 0) is 9.53 Å². The molecule has 2 saturated heterocycles. The van der Waals surface area contributed by atoms with E-state index in [1.54, 1.807) is 0 Å². The fourth-order valence-corrected chi connectivity index (χ4v) is 11.3. The van der Waals surface area contributed by atoms with Crippen LogP contribution in [0.15, 0.2) is 11.6 Å². The Morgan fingerprint density at radius 3 is 2.35 bits per heavy atom. The summed E-state index contributed by atoms with van der Waals surface area (Å²) in [5.41, 5.74) is 1.00. The minimum Gasteiger partial charge on any atom is -0.481 e. The van der Waals surface area contributed by atoms with Gasteiger partial charge in [-0.2, -0.15) is 0 Å². The lowest BCUT2D eigenvalue weighted by Crippen LogP contribution is -2.73. The van der Waals surface area contributed by atoms with Crippen LogP contribution in [0.1, 0.15) is 99.3 Å². The first-order valence-corrected chi connectivity index (χ1v) is 14.1. The Balaban J connectivity index is 1.47. The highest BCUT2D eigenvalue weighted by molar-refractivity contribution is 5.76. The first-order valence-electron chi connectivity index (χ1n) is 14.1. The van der Waals surface area contributed by atoms with Crippen LogP contribution in [0.25, 0.3) is 0 Å². The molecule has 0 amide bonds. The molecule has 0 aromatic rings. The van der Waals surface area contributed by atoms with Crippen LogP contribution in [0.5, 0.6) is 0 Å². The zero-order valence-corrected chi connectivity index (χ0v) is 22.2. The van der Waals surface area contributed by atoms with Gasteiger partial charge in [-0.25, -0.2) is 0 Å². The van der Waals surface area contributed by atoms with Gasteiger partial charge in [0.25, 0.3) is 0 Å². The monoisotopic (exact) mass is 470 g/mol. The lowest BCUT2D eigenvalue weighted by molar-refractivity contribution is -0.395. The molecule has 2 heterocycles. The highest BCUT2D eigenvalue weighted by atomic mass is 16.6. The molecule has 34 heavy (non-hydrogen) atoms. The normalized spacial score (nSPS) is 57.5. The van der Waals surface area contributed by atoms with E-state index in [9.17, 15) is 15.0 Å². The van der Waals surface area contributed by atoms with Crippen molar-refractivity contribution in [2.45, 2.75) is 105 Å². The molecule has 1 unspecified atom stereocenters. The summed E-state index contributed by atoms with van der Waals surface area (Å²) in [6.45, 7) is 14.9. The highest BCUT2D eigenvalue weighted by Crippen LogP contribution is 2.77. The van der Waals surface area contributed by atoms with Crippen LogP contribution in [0.2, 0.25) is 0 Å². The number of aliphatic hydroxyl groups is 1. The van der Waals surface area contributed by atoms with Crippen molar-refractivity contribution >= 4 is 5.97 Å². The number of carboxylic acids is 1. The van der Waals surface area contributed by atoms with Gasteiger partial charge in [-0.1, -0.05) is 53.2 Å². The van der Waals surface area contributed by atoms with Gasteiger partial charge < -0.3 is 14.9 Å². The molecule has 10 atom stereocenters. The highest BCUT2D eigenvalue weighted by Gasteiger charge is 2.74. The second kappa shape index (κ2) is 6.71. The maximum atomic E-state index is 12.8. The van der Waals surface area contributed by atoms with Crippen LogP contribution in [0, 0.1) is 56.7 Å². The van der Waals surface area contributed by atoms with Crippen molar-refractivity contribution in [2.75, 3.05) is 6.61 Å². The zero-order valence-electron chi connectivity index (χ0n) is 22.2. The van der Waals surface area contributed by atoms with E-state index in [1.807, 2.05) is 0 Å². The van der Waals surface area contributed by atoms with Crippen LogP contribution >= 0.6 is 0 Å². The molecule has 4 nitrogen and oxygen atoms in total. The minimum absolute atomic E-state index is 0.0416. The van der Waals surface area contributed by atoms with E-state index < -0.39 is 17.2 Å². The summed E-state index contributed by atoms with van der Waals surface area (Å²) in [5, 5.41) is 21.9. The quantitative estimate of drug-likeness (QED) is 0.434.